The average Bonchev–Trinajstić information content (AvgIpc) is 2.83. The van der Waals surface area contributed by atoms with Gasteiger partial charge in [-0.15, -0.1) is 11.3 Å². The number of hydrogen-bond donors (Lipinski definition) is 1. The van der Waals surface area contributed by atoms with Crippen LogP contribution in [0.2, 0.25) is 0 Å². The second kappa shape index (κ2) is 5.66. The highest BCUT2D eigenvalue weighted by molar-refractivity contribution is 7.13. The van der Waals surface area contributed by atoms with Crippen LogP contribution in [-0.2, 0) is 0 Å². The first-order valence-corrected chi connectivity index (χ1v) is 6.52. The molecule has 1 heterocycles. The minimum Gasteiger partial charge on any atom is -0.385 e. The topological polar surface area (TPSA) is 24.9 Å². The lowest BCUT2D eigenvalue weighted by Gasteiger charge is -2.06. The maximum atomic E-state index is 4.31. The van der Waals surface area contributed by atoms with E-state index >= 15 is 0 Å². The quantitative estimate of drug-likeness (QED) is 0.787. The minimum absolute atomic E-state index is 1.04. The van der Waals surface area contributed by atoms with E-state index in [-0.39, 0.29) is 0 Å². The van der Waals surface area contributed by atoms with Crippen molar-refractivity contribution in [3.63, 3.8) is 0 Å². The molecule has 2 aromatic rings. The molecule has 2 rings (SSSR count). The molecule has 0 radical (unpaired) electrons. The summed E-state index contributed by atoms with van der Waals surface area (Å²) >= 11 is 1.67. The fraction of sp³-hybridized carbons (Fsp3) is 0.308. The van der Waals surface area contributed by atoms with Crippen LogP contribution in [0, 0.1) is 0 Å². The van der Waals surface area contributed by atoms with Gasteiger partial charge in [0.1, 0.15) is 5.01 Å². The first-order valence-electron chi connectivity index (χ1n) is 5.64. The number of aromatic nitrogens is 1. The van der Waals surface area contributed by atoms with Crippen molar-refractivity contribution in [2.45, 2.75) is 19.8 Å². The van der Waals surface area contributed by atoms with Gasteiger partial charge in [0.15, 0.2) is 0 Å². The second-order valence-corrected chi connectivity index (χ2v) is 4.59. The molecule has 0 amide bonds. The van der Waals surface area contributed by atoms with E-state index in [1.807, 2.05) is 11.6 Å². The Bertz CT molecular complexity index is 423. The lowest BCUT2D eigenvalue weighted by molar-refractivity contribution is 0.834. The number of benzene rings is 1. The average molecular weight is 232 g/mol. The zero-order chi connectivity index (χ0) is 11.2. The lowest BCUT2D eigenvalue weighted by Crippen LogP contribution is -2.00. The molecule has 0 aliphatic heterocycles. The maximum absolute atomic E-state index is 4.31. The van der Waals surface area contributed by atoms with Crippen LogP contribution in [0.5, 0.6) is 0 Å². The van der Waals surface area contributed by atoms with Crippen molar-refractivity contribution in [1.29, 1.82) is 0 Å². The van der Waals surface area contributed by atoms with Gasteiger partial charge >= 0.3 is 0 Å². The fourth-order valence-electron chi connectivity index (χ4n) is 1.54. The number of rotatable bonds is 5. The molecule has 2 nitrogen and oxygen atoms in total. The molecule has 1 aromatic carbocycles. The number of thiazole rings is 1. The van der Waals surface area contributed by atoms with E-state index in [0.29, 0.717) is 0 Å². The smallest absolute Gasteiger partial charge is 0.123 e. The Morgan fingerprint density at radius 2 is 2.31 bits per heavy atom. The summed E-state index contributed by atoms with van der Waals surface area (Å²) in [4.78, 5) is 4.31. The highest BCUT2D eigenvalue weighted by Gasteiger charge is 2.00. The van der Waals surface area contributed by atoms with Gasteiger partial charge in [-0.25, -0.2) is 4.98 Å². The molecule has 1 N–H and O–H groups in total. The van der Waals surface area contributed by atoms with Crippen LogP contribution in [0.4, 0.5) is 5.69 Å². The van der Waals surface area contributed by atoms with Crippen LogP contribution in [0.3, 0.4) is 0 Å². The summed E-state index contributed by atoms with van der Waals surface area (Å²) in [6, 6.07) is 8.44. The summed E-state index contributed by atoms with van der Waals surface area (Å²) in [7, 11) is 0. The van der Waals surface area contributed by atoms with Crippen molar-refractivity contribution in [2.24, 2.45) is 0 Å². The predicted molar refractivity (Wildman–Crippen MR) is 70.9 cm³/mol. The molecular weight excluding hydrogens is 216 g/mol. The predicted octanol–water partition coefficient (Wildman–Crippen LogP) is 4.02. The highest BCUT2D eigenvalue weighted by Crippen LogP contribution is 2.24. The zero-order valence-electron chi connectivity index (χ0n) is 9.44. The summed E-state index contributed by atoms with van der Waals surface area (Å²) in [5.74, 6) is 0. The lowest BCUT2D eigenvalue weighted by atomic mass is 10.2. The van der Waals surface area contributed by atoms with E-state index in [4.69, 9.17) is 0 Å². The van der Waals surface area contributed by atoms with E-state index in [2.05, 4.69) is 41.5 Å². The van der Waals surface area contributed by atoms with Gasteiger partial charge in [-0.1, -0.05) is 25.5 Å². The molecular formula is C13H16N2S. The Kier molecular flexibility index (Phi) is 3.94. The van der Waals surface area contributed by atoms with E-state index in [1.54, 1.807) is 11.3 Å². The molecule has 0 spiro atoms. The molecule has 3 heteroatoms. The molecule has 16 heavy (non-hydrogen) atoms. The Morgan fingerprint density at radius 3 is 3.06 bits per heavy atom. The van der Waals surface area contributed by atoms with E-state index in [0.717, 1.165) is 11.6 Å². The molecule has 0 saturated heterocycles. The number of nitrogens with zero attached hydrogens (tertiary/aromatic N) is 1. The minimum atomic E-state index is 1.04. The molecule has 0 unspecified atom stereocenters. The SMILES string of the molecule is CCCCNc1cccc(-c2nccs2)c1. The summed E-state index contributed by atoms with van der Waals surface area (Å²) in [6.07, 6.45) is 4.28. The van der Waals surface area contributed by atoms with Crippen molar-refractivity contribution >= 4 is 17.0 Å². The second-order valence-electron chi connectivity index (χ2n) is 3.70. The number of anilines is 1. The molecule has 1 aromatic heterocycles. The standard InChI is InChI=1S/C13H16N2S/c1-2-3-7-14-12-6-4-5-11(10-12)13-15-8-9-16-13/h4-6,8-10,14H,2-3,7H2,1H3. The van der Waals surface area contributed by atoms with E-state index in [1.165, 1.54) is 24.1 Å². The van der Waals surface area contributed by atoms with Gasteiger partial charge < -0.3 is 5.32 Å². The van der Waals surface area contributed by atoms with Crippen molar-refractivity contribution in [2.75, 3.05) is 11.9 Å². The van der Waals surface area contributed by atoms with Gasteiger partial charge in [0.05, 0.1) is 0 Å². The molecule has 0 bridgehead atoms. The summed E-state index contributed by atoms with van der Waals surface area (Å²) < 4.78 is 0. The van der Waals surface area contributed by atoms with Crippen LogP contribution in [0.1, 0.15) is 19.8 Å². The van der Waals surface area contributed by atoms with Crippen molar-refractivity contribution in [3.8, 4) is 10.6 Å². The third-order valence-electron chi connectivity index (χ3n) is 2.40. The first kappa shape index (κ1) is 11.1. The van der Waals surface area contributed by atoms with Crippen LogP contribution in [0.25, 0.3) is 10.6 Å². The number of unbranched alkanes of at least 4 members (excludes halogenated alkanes) is 1. The Balaban J connectivity index is 2.08. The third-order valence-corrected chi connectivity index (χ3v) is 3.22. The molecule has 0 fully saturated rings. The fourth-order valence-corrected chi connectivity index (χ4v) is 2.17. The maximum Gasteiger partial charge on any atom is 0.123 e. The van der Waals surface area contributed by atoms with Crippen molar-refractivity contribution in [1.82, 2.24) is 4.98 Å². The van der Waals surface area contributed by atoms with Gasteiger partial charge in [0.2, 0.25) is 0 Å². The van der Waals surface area contributed by atoms with Crippen molar-refractivity contribution in [3.05, 3.63) is 35.8 Å². The van der Waals surface area contributed by atoms with Gasteiger partial charge in [-0.05, 0) is 18.6 Å². The molecule has 0 aliphatic carbocycles. The van der Waals surface area contributed by atoms with Crippen molar-refractivity contribution < 1.29 is 0 Å². The number of hydrogen-bond acceptors (Lipinski definition) is 3. The monoisotopic (exact) mass is 232 g/mol. The Morgan fingerprint density at radius 1 is 1.38 bits per heavy atom. The van der Waals surface area contributed by atoms with E-state index in [9.17, 15) is 0 Å². The van der Waals surface area contributed by atoms with Gasteiger partial charge in [-0.3, -0.25) is 0 Å². The molecule has 0 saturated carbocycles. The van der Waals surface area contributed by atoms with Crippen LogP contribution >= 0.6 is 11.3 Å². The third kappa shape index (κ3) is 2.83. The Labute approximate surface area is 100 Å². The normalized spacial score (nSPS) is 10.3. The molecule has 0 aliphatic rings. The van der Waals surface area contributed by atoms with E-state index < -0.39 is 0 Å². The summed E-state index contributed by atoms with van der Waals surface area (Å²) in [6.45, 7) is 3.24. The van der Waals surface area contributed by atoms with Crippen LogP contribution < -0.4 is 5.32 Å². The molecule has 0 atom stereocenters. The van der Waals surface area contributed by atoms with Gasteiger partial charge in [0, 0.05) is 29.4 Å². The van der Waals surface area contributed by atoms with Crippen LogP contribution in [-0.4, -0.2) is 11.5 Å². The largest absolute Gasteiger partial charge is 0.385 e. The van der Waals surface area contributed by atoms with Gasteiger partial charge in [0.25, 0.3) is 0 Å². The zero-order valence-corrected chi connectivity index (χ0v) is 10.3. The molecule has 84 valence electrons. The summed E-state index contributed by atoms with van der Waals surface area (Å²) in [5, 5.41) is 6.51. The number of nitrogens with one attached hydrogen (secondary N) is 1. The Hall–Kier alpha value is -1.35. The first-order chi connectivity index (χ1) is 7.90. The van der Waals surface area contributed by atoms with Crippen LogP contribution in [0.15, 0.2) is 35.8 Å². The summed E-state index contributed by atoms with van der Waals surface area (Å²) in [5.41, 5.74) is 2.37. The van der Waals surface area contributed by atoms with Gasteiger partial charge in [-0.2, -0.15) is 0 Å². The highest BCUT2D eigenvalue weighted by atomic mass is 32.1.